The number of rotatable bonds is 5. The number of amides is 2. The topological polar surface area (TPSA) is 77.1 Å². The smallest absolute Gasteiger partial charge is 0.277 e. The Balaban J connectivity index is 1.78. The standard InChI is InChI=1S/C19H26N2O5/c1-19(11-20-17(22)13-7-9-25-10-8-13)12-26-15-6-4-5-14(16(15)19)18(23)21(2)24-3/h4-6,13H,7-12H2,1-3H3,(H,20,22)/t19-/m1/s1. The fraction of sp³-hybridized carbons (Fsp3) is 0.579. The van der Waals surface area contributed by atoms with Gasteiger partial charge in [0.2, 0.25) is 5.91 Å². The van der Waals surface area contributed by atoms with E-state index in [4.69, 9.17) is 14.3 Å². The van der Waals surface area contributed by atoms with E-state index in [1.807, 2.05) is 13.0 Å². The van der Waals surface area contributed by atoms with Gasteiger partial charge < -0.3 is 14.8 Å². The third-order valence-corrected chi connectivity index (χ3v) is 5.21. The van der Waals surface area contributed by atoms with Crippen LogP contribution in [0, 0.1) is 5.92 Å². The van der Waals surface area contributed by atoms with Crippen molar-refractivity contribution in [3.8, 4) is 5.75 Å². The summed E-state index contributed by atoms with van der Waals surface area (Å²) in [6, 6.07) is 5.41. The highest BCUT2D eigenvalue weighted by molar-refractivity contribution is 5.96. The lowest BCUT2D eigenvalue weighted by Gasteiger charge is -2.28. The van der Waals surface area contributed by atoms with Crippen LogP contribution in [0.3, 0.4) is 0 Å². The molecule has 142 valence electrons. The third-order valence-electron chi connectivity index (χ3n) is 5.21. The van der Waals surface area contributed by atoms with E-state index in [1.54, 1.807) is 19.2 Å². The van der Waals surface area contributed by atoms with E-state index in [2.05, 4.69) is 5.32 Å². The van der Waals surface area contributed by atoms with Crippen LogP contribution in [-0.2, 0) is 19.8 Å². The van der Waals surface area contributed by atoms with E-state index in [0.29, 0.717) is 37.7 Å². The minimum Gasteiger partial charge on any atom is -0.492 e. The zero-order valence-corrected chi connectivity index (χ0v) is 15.5. The molecule has 0 unspecified atom stereocenters. The third kappa shape index (κ3) is 3.54. The van der Waals surface area contributed by atoms with E-state index >= 15 is 0 Å². The van der Waals surface area contributed by atoms with Crippen LogP contribution in [-0.4, -0.2) is 57.4 Å². The highest BCUT2D eigenvalue weighted by atomic mass is 16.7. The Morgan fingerprint density at radius 2 is 2.08 bits per heavy atom. The maximum atomic E-state index is 12.7. The minimum atomic E-state index is -0.475. The van der Waals surface area contributed by atoms with Gasteiger partial charge in [-0.1, -0.05) is 13.0 Å². The van der Waals surface area contributed by atoms with E-state index in [1.165, 1.54) is 12.2 Å². The Bertz CT molecular complexity index is 687. The van der Waals surface area contributed by atoms with Crippen molar-refractivity contribution < 1.29 is 23.9 Å². The average molecular weight is 362 g/mol. The fourth-order valence-corrected chi connectivity index (χ4v) is 3.54. The number of nitrogens with one attached hydrogen (secondary N) is 1. The molecule has 2 aliphatic heterocycles. The molecule has 1 fully saturated rings. The summed E-state index contributed by atoms with van der Waals surface area (Å²) in [6.07, 6.45) is 1.50. The molecule has 26 heavy (non-hydrogen) atoms. The van der Waals surface area contributed by atoms with Gasteiger partial charge in [-0.3, -0.25) is 14.4 Å². The molecule has 1 N–H and O–H groups in total. The molecule has 7 heteroatoms. The van der Waals surface area contributed by atoms with Crippen molar-refractivity contribution in [2.75, 3.05) is 40.5 Å². The maximum absolute atomic E-state index is 12.7. The molecule has 1 aromatic carbocycles. The second-order valence-corrected chi connectivity index (χ2v) is 7.12. The molecule has 7 nitrogen and oxygen atoms in total. The predicted molar refractivity (Wildman–Crippen MR) is 94.9 cm³/mol. The normalized spacial score (nSPS) is 22.4. The molecule has 2 aliphatic rings. The first-order valence-electron chi connectivity index (χ1n) is 8.90. The second kappa shape index (κ2) is 7.63. The molecule has 0 bridgehead atoms. The molecule has 2 heterocycles. The number of ether oxygens (including phenoxy) is 2. The summed E-state index contributed by atoms with van der Waals surface area (Å²) in [5, 5.41) is 4.24. The van der Waals surface area contributed by atoms with Crippen molar-refractivity contribution in [2.24, 2.45) is 5.92 Å². The van der Waals surface area contributed by atoms with Crippen molar-refractivity contribution in [1.29, 1.82) is 0 Å². The zero-order valence-electron chi connectivity index (χ0n) is 15.5. The summed E-state index contributed by atoms with van der Waals surface area (Å²) < 4.78 is 11.1. The highest BCUT2D eigenvalue weighted by Gasteiger charge is 2.41. The average Bonchev–Trinajstić information content (AvgIpc) is 3.03. The van der Waals surface area contributed by atoms with Crippen LogP contribution in [0.5, 0.6) is 5.75 Å². The van der Waals surface area contributed by atoms with Gasteiger partial charge in [-0.2, -0.15) is 0 Å². The summed E-state index contributed by atoms with van der Waals surface area (Å²) >= 11 is 0. The molecule has 2 amide bonds. The van der Waals surface area contributed by atoms with Crippen LogP contribution in [0.1, 0.15) is 35.7 Å². The maximum Gasteiger partial charge on any atom is 0.277 e. The van der Waals surface area contributed by atoms with Crippen LogP contribution < -0.4 is 10.1 Å². The quantitative estimate of drug-likeness (QED) is 0.804. The van der Waals surface area contributed by atoms with Crippen LogP contribution in [0.25, 0.3) is 0 Å². The van der Waals surface area contributed by atoms with Gasteiger partial charge in [0.05, 0.1) is 13.7 Å². The van der Waals surface area contributed by atoms with Gasteiger partial charge in [-0.25, -0.2) is 5.06 Å². The summed E-state index contributed by atoms with van der Waals surface area (Å²) in [6.45, 7) is 4.09. The first-order valence-corrected chi connectivity index (χ1v) is 8.90. The Kier molecular flexibility index (Phi) is 5.48. The number of hydrogen-bond donors (Lipinski definition) is 1. The number of hydroxylamine groups is 2. The van der Waals surface area contributed by atoms with E-state index in [0.717, 1.165) is 18.4 Å². The molecule has 0 radical (unpaired) electrons. The minimum absolute atomic E-state index is 0.00866. The lowest BCUT2D eigenvalue weighted by molar-refractivity contribution is -0.128. The van der Waals surface area contributed by atoms with Crippen molar-refractivity contribution >= 4 is 11.8 Å². The summed E-state index contributed by atoms with van der Waals surface area (Å²) in [7, 11) is 3.02. The van der Waals surface area contributed by atoms with Gasteiger partial charge in [-0.15, -0.1) is 0 Å². The first kappa shape index (κ1) is 18.7. The Morgan fingerprint density at radius 1 is 1.35 bits per heavy atom. The molecule has 0 aliphatic carbocycles. The molecule has 0 spiro atoms. The summed E-state index contributed by atoms with van der Waals surface area (Å²) in [5.41, 5.74) is 0.880. The highest BCUT2D eigenvalue weighted by Crippen LogP contribution is 2.41. The fourth-order valence-electron chi connectivity index (χ4n) is 3.54. The van der Waals surface area contributed by atoms with Crippen LogP contribution >= 0.6 is 0 Å². The van der Waals surface area contributed by atoms with Gasteiger partial charge in [0.15, 0.2) is 0 Å². The largest absolute Gasteiger partial charge is 0.492 e. The number of carbonyl (C=O) groups excluding carboxylic acids is 2. The lowest BCUT2D eigenvalue weighted by atomic mass is 9.81. The Morgan fingerprint density at radius 3 is 2.77 bits per heavy atom. The Labute approximate surface area is 153 Å². The van der Waals surface area contributed by atoms with E-state index < -0.39 is 5.41 Å². The van der Waals surface area contributed by atoms with Gasteiger partial charge >= 0.3 is 0 Å². The molecule has 1 atom stereocenters. The number of benzene rings is 1. The van der Waals surface area contributed by atoms with Gasteiger partial charge in [0, 0.05) is 49.3 Å². The van der Waals surface area contributed by atoms with Crippen LogP contribution in [0.2, 0.25) is 0 Å². The summed E-state index contributed by atoms with van der Waals surface area (Å²) in [5.74, 6) is 0.478. The Hall–Kier alpha value is -2.12. The molecule has 1 aromatic rings. The van der Waals surface area contributed by atoms with Crippen molar-refractivity contribution in [1.82, 2.24) is 10.4 Å². The van der Waals surface area contributed by atoms with Gasteiger partial charge in [-0.05, 0) is 25.0 Å². The zero-order chi connectivity index (χ0) is 18.7. The van der Waals surface area contributed by atoms with Crippen molar-refractivity contribution in [3.63, 3.8) is 0 Å². The van der Waals surface area contributed by atoms with Crippen molar-refractivity contribution in [2.45, 2.75) is 25.2 Å². The molecule has 0 aromatic heterocycles. The number of nitrogens with zero attached hydrogens (tertiary/aromatic N) is 1. The molecule has 1 saturated heterocycles. The number of hydrogen-bond acceptors (Lipinski definition) is 5. The number of fused-ring (bicyclic) bond motifs is 1. The van der Waals surface area contributed by atoms with Crippen LogP contribution in [0.4, 0.5) is 0 Å². The monoisotopic (exact) mass is 362 g/mol. The van der Waals surface area contributed by atoms with Crippen molar-refractivity contribution in [3.05, 3.63) is 29.3 Å². The first-order chi connectivity index (χ1) is 12.5. The molecular formula is C19H26N2O5. The molecular weight excluding hydrogens is 336 g/mol. The van der Waals surface area contributed by atoms with Crippen LogP contribution in [0.15, 0.2) is 18.2 Å². The summed E-state index contributed by atoms with van der Waals surface area (Å²) in [4.78, 5) is 30.2. The van der Waals surface area contributed by atoms with E-state index in [9.17, 15) is 9.59 Å². The second-order valence-electron chi connectivity index (χ2n) is 7.12. The number of carbonyl (C=O) groups is 2. The van der Waals surface area contributed by atoms with Gasteiger partial charge in [0.1, 0.15) is 5.75 Å². The van der Waals surface area contributed by atoms with Gasteiger partial charge in [0.25, 0.3) is 5.91 Å². The van der Waals surface area contributed by atoms with E-state index in [-0.39, 0.29) is 17.7 Å². The molecule has 3 rings (SSSR count). The predicted octanol–water partition coefficient (Wildman–Crippen LogP) is 1.51. The molecule has 0 saturated carbocycles. The lowest BCUT2D eigenvalue weighted by Crippen LogP contribution is -2.44. The SMILES string of the molecule is CON(C)C(=O)c1cccc2c1[C@](C)(CNC(=O)C1CCOCC1)CO2.